The van der Waals surface area contributed by atoms with Crippen molar-refractivity contribution in [3.63, 3.8) is 0 Å². The molecule has 2 saturated heterocycles. The second-order valence-electron chi connectivity index (χ2n) is 8.21. The number of ether oxygens (including phenoxy) is 2. The molecule has 1 amide bonds. The SMILES string of the molecule is COc1ccc(-c2nc(C)c(C(=O)NC[C@@H]3CCCN4CCCC[C@H]34)s2)cc1OC. The number of thiazole rings is 1. The van der Waals surface area contributed by atoms with Gasteiger partial charge in [0.05, 0.1) is 19.9 Å². The van der Waals surface area contributed by atoms with Crippen molar-refractivity contribution < 1.29 is 14.3 Å². The van der Waals surface area contributed by atoms with Gasteiger partial charge in [0.25, 0.3) is 5.91 Å². The Kier molecular flexibility index (Phi) is 6.58. The molecular formula is C23H31N3O3S. The second-order valence-corrected chi connectivity index (χ2v) is 9.21. The monoisotopic (exact) mass is 429 g/mol. The van der Waals surface area contributed by atoms with Crippen LogP contribution < -0.4 is 14.8 Å². The van der Waals surface area contributed by atoms with Crippen LogP contribution in [0.4, 0.5) is 0 Å². The van der Waals surface area contributed by atoms with E-state index in [1.54, 1.807) is 14.2 Å². The fraction of sp³-hybridized carbons (Fsp3) is 0.565. The Morgan fingerprint density at radius 3 is 2.77 bits per heavy atom. The Morgan fingerprint density at radius 1 is 1.17 bits per heavy atom. The van der Waals surface area contributed by atoms with Gasteiger partial charge in [0.1, 0.15) is 9.88 Å². The van der Waals surface area contributed by atoms with Gasteiger partial charge in [-0.05, 0) is 69.8 Å². The lowest BCUT2D eigenvalue weighted by atomic mass is 9.83. The van der Waals surface area contributed by atoms with Crippen molar-refractivity contribution in [2.24, 2.45) is 5.92 Å². The minimum atomic E-state index is -0.00957. The molecule has 4 rings (SSSR count). The lowest BCUT2D eigenvalue weighted by Crippen LogP contribution is -2.50. The predicted octanol–water partition coefficient (Wildman–Crippen LogP) is 4.13. The third kappa shape index (κ3) is 4.32. The topological polar surface area (TPSA) is 63.7 Å². The van der Waals surface area contributed by atoms with E-state index in [-0.39, 0.29) is 5.91 Å². The summed E-state index contributed by atoms with van der Waals surface area (Å²) in [6.07, 6.45) is 6.34. The van der Waals surface area contributed by atoms with Gasteiger partial charge in [0.15, 0.2) is 11.5 Å². The van der Waals surface area contributed by atoms with E-state index >= 15 is 0 Å². The van der Waals surface area contributed by atoms with E-state index in [1.165, 1.54) is 56.5 Å². The van der Waals surface area contributed by atoms with Crippen molar-refractivity contribution in [3.8, 4) is 22.1 Å². The zero-order valence-electron chi connectivity index (χ0n) is 18.1. The molecule has 6 nitrogen and oxygen atoms in total. The number of carbonyl (C=O) groups is 1. The van der Waals surface area contributed by atoms with Crippen molar-refractivity contribution in [2.75, 3.05) is 33.9 Å². The summed E-state index contributed by atoms with van der Waals surface area (Å²) >= 11 is 1.43. The van der Waals surface area contributed by atoms with Crippen molar-refractivity contribution in [1.82, 2.24) is 15.2 Å². The number of carbonyl (C=O) groups excluding carboxylic acids is 1. The molecule has 1 aromatic carbocycles. The van der Waals surface area contributed by atoms with Crippen LogP contribution in [0.25, 0.3) is 10.6 Å². The number of hydrogen-bond acceptors (Lipinski definition) is 6. The largest absolute Gasteiger partial charge is 0.493 e. The zero-order chi connectivity index (χ0) is 21.1. The van der Waals surface area contributed by atoms with Gasteiger partial charge in [0, 0.05) is 18.2 Å². The second kappa shape index (κ2) is 9.35. The first kappa shape index (κ1) is 21.1. The Bertz CT molecular complexity index is 896. The molecule has 0 saturated carbocycles. The molecule has 0 unspecified atom stereocenters. The molecule has 0 spiro atoms. The number of piperidine rings is 2. The van der Waals surface area contributed by atoms with Crippen LogP contribution in [0.3, 0.4) is 0 Å². The molecule has 2 aliphatic heterocycles. The number of methoxy groups -OCH3 is 2. The highest BCUT2D eigenvalue weighted by atomic mass is 32.1. The highest BCUT2D eigenvalue weighted by Crippen LogP contribution is 2.35. The summed E-state index contributed by atoms with van der Waals surface area (Å²) in [7, 11) is 3.23. The number of amides is 1. The van der Waals surface area contributed by atoms with Gasteiger partial charge in [-0.25, -0.2) is 4.98 Å². The number of aromatic nitrogens is 1. The summed E-state index contributed by atoms with van der Waals surface area (Å²) in [6.45, 7) is 5.09. The number of nitrogens with zero attached hydrogens (tertiary/aromatic N) is 2. The number of benzene rings is 1. The Balaban J connectivity index is 1.44. The number of fused-ring (bicyclic) bond motifs is 1. The van der Waals surface area contributed by atoms with Crippen LogP contribution >= 0.6 is 11.3 Å². The lowest BCUT2D eigenvalue weighted by molar-refractivity contribution is 0.0576. The van der Waals surface area contributed by atoms with Gasteiger partial charge < -0.3 is 19.7 Å². The maximum atomic E-state index is 12.9. The molecule has 1 aromatic heterocycles. The summed E-state index contributed by atoms with van der Waals surface area (Å²) < 4.78 is 10.7. The van der Waals surface area contributed by atoms with E-state index < -0.39 is 0 Å². The highest BCUT2D eigenvalue weighted by molar-refractivity contribution is 7.17. The van der Waals surface area contributed by atoms with Crippen LogP contribution in [-0.4, -0.2) is 55.7 Å². The first-order valence-corrected chi connectivity index (χ1v) is 11.6. The van der Waals surface area contributed by atoms with Gasteiger partial charge in [-0.1, -0.05) is 6.42 Å². The van der Waals surface area contributed by atoms with Gasteiger partial charge in [-0.2, -0.15) is 0 Å². The van der Waals surface area contributed by atoms with Crippen LogP contribution in [0.1, 0.15) is 47.5 Å². The quantitative estimate of drug-likeness (QED) is 0.748. The number of hydrogen-bond donors (Lipinski definition) is 1. The molecule has 2 aromatic rings. The summed E-state index contributed by atoms with van der Waals surface area (Å²) in [5.41, 5.74) is 1.69. The summed E-state index contributed by atoms with van der Waals surface area (Å²) in [5.74, 6) is 1.88. The number of nitrogens with one attached hydrogen (secondary N) is 1. The smallest absolute Gasteiger partial charge is 0.263 e. The van der Waals surface area contributed by atoms with E-state index in [1.807, 2.05) is 25.1 Å². The lowest BCUT2D eigenvalue weighted by Gasteiger charge is -2.44. The van der Waals surface area contributed by atoms with Gasteiger partial charge >= 0.3 is 0 Å². The minimum absolute atomic E-state index is 0.00957. The minimum Gasteiger partial charge on any atom is -0.493 e. The molecule has 0 bridgehead atoms. The van der Waals surface area contributed by atoms with Crippen molar-refractivity contribution >= 4 is 17.2 Å². The summed E-state index contributed by atoms with van der Waals surface area (Å²) in [4.78, 5) is 20.9. The van der Waals surface area contributed by atoms with Crippen LogP contribution in [-0.2, 0) is 0 Å². The molecule has 2 atom stereocenters. The summed E-state index contributed by atoms with van der Waals surface area (Å²) in [5, 5.41) is 4.02. The average Bonchev–Trinajstić information content (AvgIpc) is 3.18. The van der Waals surface area contributed by atoms with Crippen LogP contribution in [0.15, 0.2) is 18.2 Å². The molecule has 1 N–H and O–H groups in total. The Hall–Kier alpha value is -2.12. The first-order chi connectivity index (χ1) is 14.6. The molecule has 0 aliphatic carbocycles. The zero-order valence-corrected chi connectivity index (χ0v) is 18.9. The van der Waals surface area contributed by atoms with Crippen LogP contribution in [0, 0.1) is 12.8 Å². The fourth-order valence-electron chi connectivity index (χ4n) is 4.82. The number of rotatable bonds is 6. The third-order valence-corrected chi connectivity index (χ3v) is 7.59. The van der Waals surface area contributed by atoms with Gasteiger partial charge in [-0.3, -0.25) is 4.79 Å². The van der Waals surface area contributed by atoms with Crippen molar-refractivity contribution in [2.45, 2.75) is 45.1 Å². The molecule has 3 heterocycles. The van der Waals surface area contributed by atoms with E-state index in [9.17, 15) is 4.79 Å². The standard InChI is InChI=1S/C23H31N3O3S/c1-15-21(30-23(25-15)16-9-10-19(28-2)20(13-16)29-3)22(27)24-14-17-7-6-12-26-11-5-4-8-18(17)26/h9-10,13,17-18H,4-8,11-12,14H2,1-3H3,(H,24,27)/t17-,18+/m0/s1. The summed E-state index contributed by atoms with van der Waals surface area (Å²) in [6, 6.07) is 6.35. The normalized spacial score (nSPS) is 21.7. The van der Waals surface area contributed by atoms with Crippen molar-refractivity contribution in [3.05, 3.63) is 28.8 Å². The van der Waals surface area contributed by atoms with Gasteiger partial charge in [0.2, 0.25) is 0 Å². The molecule has 0 radical (unpaired) electrons. The predicted molar refractivity (Wildman–Crippen MR) is 120 cm³/mol. The van der Waals surface area contributed by atoms with E-state index in [0.29, 0.717) is 28.3 Å². The average molecular weight is 430 g/mol. The van der Waals surface area contributed by atoms with E-state index in [4.69, 9.17) is 9.47 Å². The molecule has 2 fully saturated rings. The van der Waals surface area contributed by atoms with Gasteiger partial charge in [-0.15, -0.1) is 11.3 Å². The van der Waals surface area contributed by atoms with E-state index in [2.05, 4.69) is 15.2 Å². The fourth-order valence-corrected chi connectivity index (χ4v) is 5.80. The molecule has 2 aliphatic rings. The van der Waals surface area contributed by atoms with Crippen LogP contribution in [0.2, 0.25) is 0 Å². The highest BCUT2D eigenvalue weighted by Gasteiger charge is 2.33. The molecular weight excluding hydrogens is 398 g/mol. The van der Waals surface area contributed by atoms with Crippen LogP contribution in [0.5, 0.6) is 11.5 Å². The Morgan fingerprint density at radius 2 is 1.97 bits per heavy atom. The molecule has 7 heteroatoms. The molecule has 30 heavy (non-hydrogen) atoms. The maximum Gasteiger partial charge on any atom is 0.263 e. The number of aryl methyl sites for hydroxylation is 1. The Labute approximate surface area is 182 Å². The van der Waals surface area contributed by atoms with E-state index in [0.717, 1.165) is 22.8 Å². The first-order valence-electron chi connectivity index (χ1n) is 10.8. The van der Waals surface area contributed by atoms with Crippen molar-refractivity contribution in [1.29, 1.82) is 0 Å². The molecule has 162 valence electrons. The maximum absolute atomic E-state index is 12.9. The third-order valence-electron chi connectivity index (χ3n) is 6.39.